The molecule has 1 spiro atoms. The van der Waals surface area contributed by atoms with Gasteiger partial charge in [-0.15, -0.1) is 0 Å². The van der Waals surface area contributed by atoms with Gasteiger partial charge in [-0.25, -0.2) is 0 Å². The van der Waals surface area contributed by atoms with Crippen molar-refractivity contribution in [2.45, 2.75) is 33.1 Å². The third kappa shape index (κ3) is 2.26. The predicted molar refractivity (Wildman–Crippen MR) is 130 cm³/mol. The van der Waals surface area contributed by atoms with Crippen molar-refractivity contribution in [1.82, 2.24) is 0 Å². The van der Waals surface area contributed by atoms with E-state index in [1.54, 1.807) is 0 Å². The van der Waals surface area contributed by atoms with Gasteiger partial charge in [-0.05, 0) is 78.8 Å². The third-order valence-corrected chi connectivity index (χ3v) is 7.65. The van der Waals surface area contributed by atoms with Crippen LogP contribution in [-0.4, -0.2) is 0 Å². The van der Waals surface area contributed by atoms with Gasteiger partial charge in [0, 0.05) is 15.6 Å². The fraction of sp³-hybridized carbons (Fsp3) is 0.172. The quantitative estimate of drug-likeness (QED) is 0.219. The van der Waals surface area contributed by atoms with E-state index in [-0.39, 0.29) is 0 Å². The normalized spacial score (nSPS) is 17.6. The van der Waals surface area contributed by atoms with Crippen LogP contribution in [0.3, 0.4) is 0 Å². The van der Waals surface area contributed by atoms with Gasteiger partial charge in [-0.2, -0.15) is 0 Å². The monoisotopic (exact) mass is 466 g/mol. The number of benzene rings is 4. The molecule has 4 aromatic rings. The fourth-order valence-corrected chi connectivity index (χ4v) is 6.49. The summed E-state index contributed by atoms with van der Waals surface area (Å²) >= 11 is 3.98. The van der Waals surface area contributed by atoms with Gasteiger partial charge >= 0.3 is 0 Å². The minimum atomic E-state index is -0.414. The second-order valence-corrected chi connectivity index (χ2v) is 9.77. The van der Waals surface area contributed by atoms with Crippen molar-refractivity contribution in [2.24, 2.45) is 0 Å². The van der Waals surface area contributed by atoms with E-state index in [2.05, 4.69) is 110 Å². The van der Waals surface area contributed by atoms with Crippen LogP contribution in [-0.2, 0) is 5.41 Å². The van der Waals surface area contributed by atoms with E-state index in [1.807, 2.05) is 0 Å². The Morgan fingerprint density at radius 1 is 0.677 bits per heavy atom. The molecule has 0 fully saturated rings. The van der Waals surface area contributed by atoms with Crippen LogP contribution in [0.25, 0.3) is 11.1 Å². The maximum atomic E-state index is 6.54. The maximum absolute atomic E-state index is 6.54. The van der Waals surface area contributed by atoms with Crippen molar-refractivity contribution in [3.05, 3.63) is 116 Å². The first-order chi connectivity index (χ1) is 14.9. The Labute approximate surface area is 191 Å². The number of halogens is 1. The predicted octanol–water partition coefficient (Wildman–Crippen LogP) is 8.15. The van der Waals surface area contributed by atoms with E-state index in [9.17, 15) is 0 Å². The molecule has 0 radical (unpaired) electrons. The van der Waals surface area contributed by atoms with Gasteiger partial charge in [-0.1, -0.05) is 76.1 Å². The Bertz CT molecular complexity index is 1410. The highest BCUT2D eigenvalue weighted by Crippen LogP contribution is 2.64. The van der Waals surface area contributed by atoms with E-state index < -0.39 is 5.41 Å². The maximum Gasteiger partial charge on any atom is 0.135 e. The lowest BCUT2D eigenvalue weighted by atomic mass is 9.65. The van der Waals surface area contributed by atoms with Crippen LogP contribution in [0, 0.1) is 27.7 Å². The van der Waals surface area contributed by atoms with Gasteiger partial charge in [0.05, 0.1) is 5.41 Å². The highest BCUT2D eigenvalue weighted by atomic mass is 79.9. The van der Waals surface area contributed by atoms with E-state index in [1.165, 1.54) is 50.1 Å². The van der Waals surface area contributed by atoms with Crippen LogP contribution in [0.2, 0.25) is 0 Å². The summed E-state index contributed by atoms with van der Waals surface area (Å²) < 4.78 is 7.68. The van der Waals surface area contributed by atoms with Gasteiger partial charge in [0.15, 0.2) is 0 Å². The van der Waals surface area contributed by atoms with Crippen LogP contribution >= 0.6 is 15.9 Å². The first kappa shape index (κ1) is 18.9. The molecule has 1 aliphatic carbocycles. The van der Waals surface area contributed by atoms with Crippen molar-refractivity contribution in [3.63, 3.8) is 0 Å². The van der Waals surface area contributed by atoms with E-state index in [0.717, 1.165) is 21.5 Å². The molecule has 1 nitrogen and oxygen atoms in total. The zero-order chi connectivity index (χ0) is 21.5. The lowest BCUT2D eigenvalue weighted by Crippen LogP contribution is -2.33. The fourth-order valence-electron chi connectivity index (χ4n) is 5.86. The summed E-state index contributed by atoms with van der Waals surface area (Å²) in [4.78, 5) is 0. The first-order valence-electron chi connectivity index (χ1n) is 10.7. The molecule has 2 aliphatic rings. The molecule has 152 valence electrons. The Morgan fingerprint density at radius 3 is 2.29 bits per heavy atom. The number of para-hydroxylation sites is 2. The SMILES string of the molecule is Cc1cc(C)c2c(c1)C1(c3ccccc3Oc3c(C)cccc31)c1c(Br)ccc(C)c1-2. The third-order valence-electron chi connectivity index (χ3n) is 6.99. The summed E-state index contributed by atoms with van der Waals surface area (Å²) in [6, 6.07) is 24.2. The summed E-state index contributed by atoms with van der Waals surface area (Å²) in [5.74, 6) is 1.92. The Hall–Kier alpha value is -2.84. The van der Waals surface area contributed by atoms with Crippen LogP contribution in [0.15, 0.2) is 71.2 Å². The average molecular weight is 467 g/mol. The number of aryl methyl sites for hydroxylation is 4. The van der Waals surface area contributed by atoms with Gasteiger partial charge in [-0.3, -0.25) is 0 Å². The lowest BCUT2D eigenvalue weighted by Gasteiger charge is -2.40. The summed E-state index contributed by atoms with van der Waals surface area (Å²) in [5, 5.41) is 0. The molecule has 2 heteroatoms. The van der Waals surface area contributed by atoms with Crippen molar-refractivity contribution >= 4 is 15.9 Å². The molecule has 0 saturated heterocycles. The van der Waals surface area contributed by atoms with Gasteiger partial charge in [0.1, 0.15) is 11.5 Å². The second kappa shape index (κ2) is 6.34. The zero-order valence-corrected chi connectivity index (χ0v) is 19.7. The topological polar surface area (TPSA) is 9.23 Å². The van der Waals surface area contributed by atoms with Crippen molar-refractivity contribution < 1.29 is 4.74 Å². The van der Waals surface area contributed by atoms with E-state index >= 15 is 0 Å². The number of hydrogen-bond donors (Lipinski definition) is 0. The van der Waals surface area contributed by atoms with Crippen molar-refractivity contribution in [2.75, 3.05) is 0 Å². The summed E-state index contributed by atoms with van der Waals surface area (Å²) in [6.07, 6.45) is 0. The average Bonchev–Trinajstić information content (AvgIpc) is 3.05. The highest BCUT2D eigenvalue weighted by molar-refractivity contribution is 9.10. The molecular formula is C29H23BrO. The Morgan fingerprint density at radius 2 is 1.45 bits per heavy atom. The van der Waals surface area contributed by atoms with Crippen LogP contribution in [0.1, 0.15) is 44.5 Å². The second-order valence-electron chi connectivity index (χ2n) is 8.92. The molecule has 1 atom stereocenters. The summed E-state index contributed by atoms with van der Waals surface area (Å²) in [7, 11) is 0. The molecule has 0 aromatic heterocycles. The number of hydrogen-bond acceptors (Lipinski definition) is 1. The highest BCUT2D eigenvalue weighted by Gasteiger charge is 2.53. The molecule has 1 aliphatic heterocycles. The van der Waals surface area contributed by atoms with E-state index in [0.29, 0.717) is 0 Å². The molecule has 0 amide bonds. The Balaban J connectivity index is 1.93. The van der Waals surface area contributed by atoms with Crippen LogP contribution < -0.4 is 4.74 Å². The van der Waals surface area contributed by atoms with Gasteiger partial charge < -0.3 is 4.74 Å². The lowest BCUT2D eigenvalue weighted by molar-refractivity contribution is 0.432. The summed E-state index contributed by atoms with van der Waals surface area (Å²) in [5.41, 5.74) is 12.5. The molecule has 0 saturated carbocycles. The molecule has 4 aromatic carbocycles. The number of ether oxygens (including phenoxy) is 1. The standard InChI is InChI=1S/C29H23BrO/c1-16-14-19(4)25-22(15-16)29(27-23(30)13-12-17(2)26(25)27)20-9-5-6-11-24(20)31-28-18(3)8-7-10-21(28)29/h5-15H,1-4H3. The molecule has 1 unspecified atom stereocenters. The van der Waals surface area contributed by atoms with Crippen molar-refractivity contribution in [3.8, 4) is 22.6 Å². The van der Waals surface area contributed by atoms with Gasteiger partial charge in [0.25, 0.3) is 0 Å². The summed E-state index contributed by atoms with van der Waals surface area (Å²) in [6.45, 7) is 8.82. The van der Waals surface area contributed by atoms with Crippen molar-refractivity contribution in [1.29, 1.82) is 0 Å². The molecule has 0 N–H and O–H groups in total. The van der Waals surface area contributed by atoms with Crippen LogP contribution in [0.5, 0.6) is 11.5 Å². The molecular weight excluding hydrogens is 444 g/mol. The molecule has 0 bridgehead atoms. The smallest absolute Gasteiger partial charge is 0.135 e. The van der Waals surface area contributed by atoms with Crippen LogP contribution in [0.4, 0.5) is 0 Å². The molecule has 1 heterocycles. The molecule has 6 rings (SSSR count). The van der Waals surface area contributed by atoms with Gasteiger partial charge in [0.2, 0.25) is 0 Å². The van der Waals surface area contributed by atoms with E-state index in [4.69, 9.17) is 4.74 Å². The number of fused-ring (bicyclic) bond motifs is 9. The largest absolute Gasteiger partial charge is 0.456 e. The zero-order valence-electron chi connectivity index (χ0n) is 18.1. The Kier molecular flexibility index (Phi) is 3.86. The minimum absolute atomic E-state index is 0.414. The minimum Gasteiger partial charge on any atom is -0.456 e. The first-order valence-corrected chi connectivity index (χ1v) is 11.5. The molecule has 31 heavy (non-hydrogen) atoms. The number of rotatable bonds is 0.